The number of amides is 1. The van der Waals surface area contributed by atoms with Gasteiger partial charge in [0.15, 0.2) is 0 Å². The highest BCUT2D eigenvalue weighted by molar-refractivity contribution is 5.76. The second-order valence-electron chi connectivity index (χ2n) is 5.44. The molecule has 22 heavy (non-hydrogen) atoms. The van der Waals surface area contributed by atoms with Gasteiger partial charge in [-0.15, -0.1) is 0 Å². The van der Waals surface area contributed by atoms with Crippen LogP contribution < -0.4 is 10.1 Å². The summed E-state index contributed by atoms with van der Waals surface area (Å²) in [5.41, 5.74) is -1.03. The Bertz CT molecular complexity index is 579. The molecule has 0 aliphatic carbocycles. The number of aldehydes is 1. The monoisotopic (exact) mass is 310 g/mol. The Morgan fingerprint density at radius 1 is 1.41 bits per heavy atom. The first-order chi connectivity index (χ1) is 10.2. The van der Waals surface area contributed by atoms with Gasteiger partial charge in [-0.25, -0.2) is 4.79 Å². The zero-order valence-electron chi connectivity index (χ0n) is 12.8. The molecule has 120 valence electrons. The second-order valence-corrected chi connectivity index (χ2v) is 5.44. The number of alkyl carbamates (subject to hydrolysis) is 1. The number of benzene rings is 1. The number of hydrogen-bond acceptors (Lipinski definition) is 6. The van der Waals surface area contributed by atoms with E-state index in [-0.39, 0.29) is 17.0 Å². The van der Waals surface area contributed by atoms with Gasteiger partial charge in [-0.3, -0.25) is 10.1 Å². The number of nitrogens with zero attached hydrogens (tertiary/aromatic N) is 1. The van der Waals surface area contributed by atoms with Gasteiger partial charge in [0.05, 0.1) is 23.7 Å². The number of rotatable bonds is 5. The average molecular weight is 310 g/mol. The number of nitrogens with one attached hydrogen (secondary N) is 1. The van der Waals surface area contributed by atoms with Crippen molar-refractivity contribution in [3.63, 3.8) is 0 Å². The van der Waals surface area contributed by atoms with Crippen LogP contribution in [-0.4, -0.2) is 30.0 Å². The van der Waals surface area contributed by atoms with Gasteiger partial charge in [0.1, 0.15) is 23.7 Å². The summed E-state index contributed by atoms with van der Waals surface area (Å²) in [7, 11) is 1.37. The van der Waals surface area contributed by atoms with Gasteiger partial charge in [-0.1, -0.05) is 0 Å². The Morgan fingerprint density at radius 2 is 2.05 bits per heavy atom. The van der Waals surface area contributed by atoms with Crippen LogP contribution in [0.1, 0.15) is 32.4 Å². The molecule has 0 saturated heterocycles. The SMILES string of the molecule is COc1ccc(C(C=O)NC(=O)OC(C)(C)C)c([N+](=O)[O-])c1. The average Bonchev–Trinajstić information content (AvgIpc) is 2.42. The molecule has 0 aliphatic rings. The van der Waals surface area contributed by atoms with Crippen molar-refractivity contribution in [1.82, 2.24) is 5.32 Å². The largest absolute Gasteiger partial charge is 0.497 e. The fourth-order valence-electron chi connectivity index (χ4n) is 1.69. The van der Waals surface area contributed by atoms with E-state index < -0.39 is 22.7 Å². The van der Waals surface area contributed by atoms with Crippen LogP contribution in [-0.2, 0) is 9.53 Å². The van der Waals surface area contributed by atoms with Crippen LogP contribution in [0.2, 0.25) is 0 Å². The Hall–Kier alpha value is -2.64. The molecule has 0 bridgehead atoms. The zero-order chi connectivity index (χ0) is 16.9. The van der Waals surface area contributed by atoms with Gasteiger partial charge >= 0.3 is 6.09 Å². The van der Waals surface area contributed by atoms with Crippen molar-refractivity contribution in [2.45, 2.75) is 32.4 Å². The zero-order valence-corrected chi connectivity index (χ0v) is 12.8. The molecule has 0 heterocycles. The lowest BCUT2D eigenvalue weighted by atomic mass is 10.1. The van der Waals surface area contributed by atoms with Crippen LogP contribution in [0.5, 0.6) is 5.75 Å². The highest BCUT2D eigenvalue weighted by atomic mass is 16.6. The minimum atomic E-state index is -1.19. The van der Waals surface area contributed by atoms with Gasteiger partial charge in [0, 0.05) is 0 Å². The van der Waals surface area contributed by atoms with Crippen molar-refractivity contribution < 1.29 is 24.0 Å². The van der Waals surface area contributed by atoms with Crippen LogP contribution >= 0.6 is 0 Å². The normalized spacial score (nSPS) is 12.2. The maximum atomic E-state index is 11.7. The van der Waals surface area contributed by atoms with Crippen LogP contribution in [0.4, 0.5) is 10.5 Å². The molecule has 8 nitrogen and oxygen atoms in total. The summed E-state index contributed by atoms with van der Waals surface area (Å²) >= 11 is 0. The summed E-state index contributed by atoms with van der Waals surface area (Å²) in [6, 6.07) is 2.81. The summed E-state index contributed by atoms with van der Waals surface area (Å²) in [5, 5.41) is 13.4. The third-order valence-electron chi connectivity index (χ3n) is 2.58. The topological polar surface area (TPSA) is 108 Å². The van der Waals surface area contributed by atoms with E-state index in [0.29, 0.717) is 6.29 Å². The number of carbonyl (C=O) groups excluding carboxylic acids is 2. The van der Waals surface area contributed by atoms with E-state index in [1.807, 2.05) is 0 Å². The first-order valence-corrected chi connectivity index (χ1v) is 6.45. The highest BCUT2D eigenvalue weighted by Crippen LogP contribution is 2.28. The van der Waals surface area contributed by atoms with E-state index in [4.69, 9.17) is 9.47 Å². The Labute approximate surface area is 127 Å². The molecule has 8 heteroatoms. The Kier molecular flexibility index (Phi) is 5.44. The number of nitro groups is 1. The smallest absolute Gasteiger partial charge is 0.408 e. The Morgan fingerprint density at radius 3 is 2.50 bits per heavy atom. The van der Waals surface area contributed by atoms with E-state index in [1.165, 1.54) is 25.3 Å². The van der Waals surface area contributed by atoms with E-state index in [1.54, 1.807) is 20.8 Å². The Balaban J connectivity index is 3.07. The summed E-state index contributed by atoms with van der Waals surface area (Å²) in [6.07, 6.45) is -0.437. The molecule has 1 rings (SSSR count). The molecule has 1 N–H and O–H groups in total. The first-order valence-electron chi connectivity index (χ1n) is 6.45. The number of carbonyl (C=O) groups is 2. The van der Waals surface area contributed by atoms with Crippen molar-refractivity contribution in [2.75, 3.05) is 7.11 Å². The fourth-order valence-corrected chi connectivity index (χ4v) is 1.69. The highest BCUT2D eigenvalue weighted by Gasteiger charge is 2.26. The molecule has 0 radical (unpaired) electrons. The lowest BCUT2D eigenvalue weighted by molar-refractivity contribution is -0.385. The van der Waals surface area contributed by atoms with Crippen molar-refractivity contribution in [3.05, 3.63) is 33.9 Å². The fraction of sp³-hybridized carbons (Fsp3) is 0.429. The third-order valence-corrected chi connectivity index (χ3v) is 2.58. The number of methoxy groups -OCH3 is 1. The summed E-state index contributed by atoms with van der Waals surface area (Å²) in [4.78, 5) is 33.4. The number of nitro benzene ring substituents is 1. The number of hydrogen-bond donors (Lipinski definition) is 1. The van der Waals surface area contributed by atoms with Crippen LogP contribution in [0, 0.1) is 10.1 Å². The summed E-state index contributed by atoms with van der Waals surface area (Å²) in [6.45, 7) is 5.00. The van der Waals surface area contributed by atoms with Gasteiger partial charge in [0.2, 0.25) is 0 Å². The predicted octanol–water partition coefficient (Wildman–Crippen LogP) is 2.37. The molecule has 0 fully saturated rings. The maximum Gasteiger partial charge on any atom is 0.408 e. The molecule has 1 unspecified atom stereocenters. The minimum Gasteiger partial charge on any atom is -0.497 e. The van der Waals surface area contributed by atoms with E-state index in [2.05, 4.69) is 5.32 Å². The minimum absolute atomic E-state index is 0.0478. The molecule has 1 amide bonds. The van der Waals surface area contributed by atoms with Crippen LogP contribution in [0.25, 0.3) is 0 Å². The van der Waals surface area contributed by atoms with Gasteiger partial charge in [0.25, 0.3) is 5.69 Å². The molecule has 0 spiro atoms. The van der Waals surface area contributed by atoms with Crippen molar-refractivity contribution in [1.29, 1.82) is 0 Å². The maximum absolute atomic E-state index is 11.7. The van der Waals surface area contributed by atoms with E-state index >= 15 is 0 Å². The molecule has 1 atom stereocenters. The third kappa shape index (κ3) is 4.72. The van der Waals surface area contributed by atoms with Crippen molar-refractivity contribution in [2.24, 2.45) is 0 Å². The van der Waals surface area contributed by atoms with Crippen LogP contribution in [0.15, 0.2) is 18.2 Å². The first kappa shape index (κ1) is 17.4. The summed E-state index contributed by atoms with van der Waals surface area (Å²) in [5.74, 6) is 0.275. The molecule has 1 aromatic rings. The predicted molar refractivity (Wildman–Crippen MR) is 77.8 cm³/mol. The van der Waals surface area contributed by atoms with Crippen molar-refractivity contribution >= 4 is 18.1 Å². The lowest BCUT2D eigenvalue weighted by Crippen LogP contribution is -2.35. The molecular weight excluding hydrogens is 292 g/mol. The number of ether oxygens (including phenoxy) is 2. The molecule has 1 aromatic carbocycles. The second kappa shape index (κ2) is 6.88. The van der Waals surface area contributed by atoms with Gasteiger partial charge in [-0.2, -0.15) is 0 Å². The molecular formula is C14H18N2O6. The van der Waals surface area contributed by atoms with Crippen molar-refractivity contribution in [3.8, 4) is 5.75 Å². The summed E-state index contributed by atoms with van der Waals surface area (Å²) < 4.78 is 9.95. The van der Waals surface area contributed by atoms with Gasteiger partial charge in [-0.05, 0) is 32.9 Å². The lowest BCUT2D eigenvalue weighted by Gasteiger charge is -2.21. The molecule has 0 aromatic heterocycles. The van der Waals surface area contributed by atoms with E-state index in [0.717, 1.165) is 0 Å². The quantitative estimate of drug-likeness (QED) is 0.508. The van der Waals surface area contributed by atoms with Crippen LogP contribution in [0.3, 0.4) is 0 Å². The van der Waals surface area contributed by atoms with E-state index in [9.17, 15) is 19.7 Å². The molecule has 0 saturated carbocycles. The standard InChI is InChI=1S/C14H18N2O6/c1-14(2,3)22-13(18)15-11(8-17)10-6-5-9(21-4)7-12(10)16(19)20/h5-8,11H,1-4H3,(H,15,18). The van der Waals surface area contributed by atoms with Gasteiger partial charge < -0.3 is 19.6 Å². The molecule has 0 aliphatic heterocycles.